The lowest BCUT2D eigenvalue weighted by Gasteiger charge is -2.34. The van der Waals surface area contributed by atoms with E-state index in [1.54, 1.807) is 9.13 Å². The lowest BCUT2D eigenvalue weighted by atomic mass is 10.1. The van der Waals surface area contributed by atoms with Crippen LogP contribution >= 0.6 is 0 Å². The SMILES string of the molecule is CCCCn1c(=O)[nH]c(=O)c2c1nc(CN1CCN(CC(=O)Nc3cccc(C)c3C)CC1)n2C. The van der Waals surface area contributed by atoms with Crippen LogP contribution in [0.15, 0.2) is 27.8 Å². The molecule has 1 aliphatic rings. The van der Waals surface area contributed by atoms with Gasteiger partial charge in [-0.1, -0.05) is 25.5 Å². The topological polar surface area (TPSA) is 108 Å². The number of nitrogens with zero attached hydrogens (tertiary/aromatic N) is 5. The fourth-order valence-electron chi connectivity index (χ4n) is 4.54. The van der Waals surface area contributed by atoms with Crippen molar-refractivity contribution in [3.05, 3.63) is 56.0 Å². The molecule has 2 N–H and O–H groups in total. The first-order valence-corrected chi connectivity index (χ1v) is 12.3. The Kier molecular flexibility index (Phi) is 7.51. The first kappa shape index (κ1) is 24.9. The maximum absolute atomic E-state index is 12.6. The van der Waals surface area contributed by atoms with Crippen molar-refractivity contribution in [2.24, 2.45) is 7.05 Å². The molecule has 35 heavy (non-hydrogen) atoms. The summed E-state index contributed by atoms with van der Waals surface area (Å²) < 4.78 is 3.36. The minimum atomic E-state index is -0.409. The first-order chi connectivity index (χ1) is 16.8. The Balaban J connectivity index is 1.38. The number of piperazine rings is 1. The average molecular weight is 482 g/mol. The van der Waals surface area contributed by atoms with E-state index in [0.29, 0.717) is 30.8 Å². The molecule has 1 aliphatic heterocycles. The van der Waals surface area contributed by atoms with Gasteiger partial charge in [-0.25, -0.2) is 9.78 Å². The number of nitrogens with one attached hydrogen (secondary N) is 2. The molecule has 0 unspecified atom stereocenters. The van der Waals surface area contributed by atoms with Gasteiger partial charge in [0.2, 0.25) is 5.91 Å². The number of aromatic nitrogens is 4. The van der Waals surface area contributed by atoms with Gasteiger partial charge in [-0.2, -0.15) is 0 Å². The first-order valence-electron chi connectivity index (χ1n) is 12.3. The Labute approximate surface area is 204 Å². The van der Waals surface area contributed by atoms with Crippen molar-refractivity contribution < 1.29 is 4.79 Å². The molecule has 10 heteroatoms. The molecule has 0 atom stereocenters. The standard InChI is InChI=1S/C25H35N7O3/c1-5-6-10-32-23-22(24(34)28-25(32)35)29(4)20(27-23)15-30-11-13-31(14-12-30)16-21(33)26-19-9-7-8-17(2)18(19)3/h7-9H,5-6,10-16H2,1-4H3,(H,26,33)(H,28,34,35). The van der Waals surface area contributed by atoms with Gasteiger partial charge in [-0.15, -0.1) is 0 Å². The molecule has 0 saturated carbocycles. The Morgan fingerprint density at radius 3 is 2.54 bits per heavy atom. The second kappa shape index (κ2) is 10.6. The fraction of sp³-hybridized carbons (Fsp3) is 0.520. The van der Waals surface area contributed by atoms with Gasteiger partial charge < -0.3 is 9.88 Å². The summed E-state index contributed by atoms with van der Waals surface area (Å²) in [5.74, 6) is 0.745. The van der Waals surface area contributed by atoms with E-state index in [0.717, 1.165) is 61.7 Å². The number of rotatable bonds is 8. The fourth-order valence-corrected chi connectivity index (χ4v) is 4.54. The van der Waals surface area contributed by atoms with E-state index in [1.807, 2.05) is 39.1 Å². The number of carbonyl (C=O) groups excluding carboxylic acids is 1. The van der Waals surface area contributed by atoms with Crippen molar-refractivity contribution in [2.45, 2.75) is 46.7 Å². The van der Waals surface area contributed by atoms with Gasteiger partial charge in [-0.05, 0) is 37.5 Å². The number of unbranched alkanes of at least 4 members (excludes halogenated alkanes) is 1. The van der Waals surface area contributed by atoms with Crippen molar-refractivity contribution in [2.75, 3.05) is 38.0 Å². The number of benzene rings is 1. The number of hydrogen-bond acceptors (Lipinski definition) is 6. The minimum Gasteiger partial charge on any atom is -0.325 e. The van der Waals surface area contributed by atoms with Crippen LogP contribution in [0.3, 0.4) is 0 Å². The lowest BCUT2D eigenvalue weighted by Crippen LogP contribution is -2.48. The maximum Gasteiger partial charge on any atom is 0.330 e. The Morgan fingerprint density at radius 2 is 1.83 bits per heavy atom. The van der Waals surface area contributed by atoms with Crippen LogP contribution in [0.1, 0.15) is 36.7 Å². The summed E-state index contributed by atoms with van der Waals surface area (Å²) in [6.45, 7) is 10.7. The van der Waals surface area contributed by atoms with E-state index in [-0.39, 0.29) is 5.91 Å². The Hall–Kier alpha value is -3.24. The lowest BCUT2D eigenvalue weighted by molar-refractivity contribution is -0.117. The van der Waals surface area contributed by atoms with Crippen molar-refractivity contribution in [1.29, 1.82) is 0 Å². The third-order valence-corrected chi connectivity index (χ3v) is 6.92. The molecule has 0 bridgehead atoms. The number of anilines is 1. The van der Waals surface area contributed by atoms with E-state index in [1.165, 1.54) is 0 Å². The molecule has 0 radical (unpaired) electrons. The normalized spacial score (nSPS) is 15.1. The Bertz CT molecular complexity index is 1330. The van der Waals surface area contributed by atoms with Crippen LogP contribution in [0.2, 0.25) is 0 Å². The van der Waals surface area contributed by atoms with Gasteiger partial charge >= 0.3 is 5.69 Å². The van der Waals surface area contributed by atoms with E-state index >= 15 is 0 Å². The minimum absolute atomic E-state index is 0.00761. The summed E-state index contributed by atoms with van der Waals surface area (Å²) in [6, 6.07) is 5.92. The van der Waals surface area contributed by atoms with Crippen molar-refractivity contribution >= 4 is 22.8 Å². The van der Waals surface area contributed by atoms with Crippen LogP contribution in [0.4, 0.5) is 5.69 Å². The Morgan fingerprint density at radius 1 is 1.11 bits per heavy atom. The van der Waals surface area contributed by atoms with Gasteiger partial charge in [-0.3, -0.25) is 28.9 Å². The quantitative estimate of drug-likeness (QED) is 0.506. The molecule has 1 amide bonds. The monoisotopic (exact) mass is 481 g/mol. The van der Waals surface area contributed by atoms with Crippen LogP contribution in [0, 0.1) is 13.8 Å². The molecule has 188 valence electrons. The summed E-state index contributed by atoms with van der Waals surface area (Å²) in [7, 11) is 1.82. The van der Waals surface area contributed by atoms with E-state index in [9.17, 15) is 14.4 Å². The average Bonchev–Trinajstić information content (AvgIpc) is 3.14. The molecular formula is C25H35N7O3. The highest BCUT2D eigenvalue weighted by atomic mass is 16.2. The molecule has 3 aromatic rings. The highest BCUT2D eigenvalue weighted by Crippen LogP contribution is 2.18. The van der Waals surface area contributed by atoms with Gasteiger partial charge in [0, 0.05) is 45.5 Å². The highest BCUT2D eigenvalue weighted by Gasteiger charge is 2.22. The summed E-state index contributed by atoms with van der Waals surface area (Å²) in [4.78, 5) is 49.0. The smallest absolute Gasteiger partial charge is 0.325 e. The molecular weight excluding hydrogens is 446 g/mol. The van der Waals surface area contributed by atoms with Crippen LogP contribution in [-0.2, 0) is 24.9 Å². The molecule has 1 fully saturated rings. The van der Waals surface area contributed by atoms with Gasteiger partial charge in [0.15, 0.2) is 11.2 Å². The van der Waals surface area contributed by atoms with E-state index < -0.39 is 11.2 Å². The van der Waals surface area contributed by atoms with Crippen molar-refractivity contribution in [1.82, 2.24) is 28.9 Å². The summed E-state index contributed by atoms with van der Waals surface area (Å²) in [5.41, 5.74) is 3.17. The predicted molar refractivity (Wildman–Crippen MR) is 137 cm³/mol. The maximum atomic E-state index is 12.6. The van der Waals surface area contributed by atoms with E-state index in [4.69, 9.17) is 4.98 Å². The largest absolute Gasteiger partial charge is 0.330 e. The highest BCUT2D eigenvalue weighted by molar-refractivity contribution is 5.93. The number of fused-ring (bicyclic) bond motifs is 1. The second-order valence-electron chi connectivity index (χ2n) is 9.37. The number of imidazole rings is 1. The summed E-state index contributed by atoms with van der Waals surface area (Å²) in [6.07, 6.45) is 1.78. The molecule has 0 aliphatic carbocycles. The zero-order valence-electron chi connectivity index (χ0n) is 21.1. The molecule has 3 heterocycles. The second-order valence-corrected chi connectivity index (χ2v) is 9.37. The molecule has 1 aromatic carbocycles. The molecule has 4 rings (SSSR count). The number of H-pyrrole nitrogens is 1. The van der Waals surface area contributed by atoms with Gasteiger partial charge in [0.1, 0.15) is 5.82 Å². The van der Waals surface area contributed by atoms with Crippen LogP contribution < -0.4 is 16.6 Å². The third-order valence-electron chi connectivity index (χ3n) is 6.92. The van der Waals surface area contributed by atoms with Crippen LogP contribution in [0.5, 0.6) is 0 Å². The number of carbonyl (C=O) groups is 1. The van der Waals surface area contributed by atoms with Gasteiger partial charge in [0.05, 0.1) is 13.1 Å². The van der Waals surface area contributed by atoms with Crippen molar-refractivity contribution in [3.63, 3.8) is 0 Å². The summed E-state index contributed by atoms with van der Waals surface area (Å²) >= 11 is 0. The molecule has 0 spiro atoms. The van der Waals surface area contributed by atoms with Crippen LogP contribution in [-0.4, -0.2) is 67.5 Å². The van der Waals surface area contributed by atoms with Crippen LogP contribution in [0.25, 0.3) is 11.2 Å². The number of hydrogen-bond donors (Lipinski definition) is 2. The number of aromatic amines is 1. The van der Waals surface area contributed by atoms with E-state index in [2.05, 4.69) is 27.0 Å². The van der Waals surface area contributed by atoms with Crippen molar-refractivity contribution in [3.8, 4) is 0 Å². The molecule has 1 saturated heterocycles. The zero-order valence-corrected chi connectivity index (χ0v) is 21.1. The predicted octanol–water partition coefficient (Wildman–Crippen LogP) is 1.60. The number of aryl methyl sites for hydroxylation is 3. The van der Waals surface area contributed by atoms with Gasteiger partial charge in [0.25, 0.3) is 5.56 Å². The number of amides is 1. The third kappa shape index (κ3) is 5.38. The molecule has 10 nitrogen and oxygen atoms in total. The molecule has 2 aromatic heterocycles. The zero-order chi connectivity index (χ0) is 25.1. The summed E-state index contributed by atoms with van der Waals surface area (Å²) in [5, 5.41) is 3.03.